The van der Waals surface area contributed by atoms with E-state index in [1.165, 1.54) is 0 Å². The Labute approximate surface area is 124 Å². The highest BCUT2D eigenvalue weighted by Crippen LogP contribution is 2.19. The number of aryl methyl sites for hydroxylation is 2. The van der Waals surface area contributed by atoms with Crippen molar-refractivity contribution in [1.29, 1.82) is 0 Å². The van der Waals surface area contributed by atoms with Gasteiger partial charge in [-0.25, -0.2) is 0 Å². The minimum atomic E-state index is -0.158. The number of methoxy groups -OCH3 is 1. The SMILES string of the molecule is CCc1noc(C)c1C(=O)N[C@H](C)c1ccc(OC)cc1. The molecule has 0 bridgehead atoms. The van der Waals surface area contributed by atoms with Crippen molar-refractivity contribution in [1.82, 2.24) is 10.5 Å². The van der Waals surface area contributed by atoms with Gasteiger partial charge >= 0.3 is 0 Å². The maximum absolute atomic E-state index is 12.4. The fraction of sp³-hybridized carbons (Fsp3) is 0.375. The Kier molecular flexibility index (Phi) is 4.62. The normalized spacial score (nSPS) is 12.0. The van der Waals surface area contributed by atoms with Crippen LogP contribution in [0.1, 0.15) is 47.3 Å². The molecule has 1 amide bonds. The fourth-order valence-electron chi connectivity index (χ4n) is 2.20. The van der Waals surface area contributed by atoms with Gasteiger partial charge in [0.1, 0.15) is 17.1 Å². The van der Waals surface area contributed by atoms with Gasteiger partial charge in [0.25, 0.3) is 5.91 Å². The van der Waals surface area contributed by atoms with Crippen molar-refractivity contribution in [2.24, 2.45) is 0 Å². The molecule has 1 aromatic carbocycles. The van der Waals surface area contributed by atoms with E-state index in [1.807, 2.05) is 38.1 Å². The summed E-state index contributed by atoms with van der Waals surface area (Å²) in [6, 6.07) is 7.51. The molecule has 21 heavy (non-hydrogen) atoms. The molecule has 1 heterocycles. The maximum Gasteiger partial charge on any atom is 0.257 e. The lowest BCUT2D eigenvalue weighted by atomic mass is 10.1. The Morgan fingerprint density at radius 2 is 2.05 bits per heavy atom. The molecule has 5 nitrogen and oxygen atoms in total. The van der Waals surface area contributed by atoms with E-state index in [4.69, 9.17) is 9.26 Å². The van der Waals surface area contributed by atoms with E-state index in [0.717, 1.165) is 11.3 Å². The van der Waals surface area contributed by atoms with Crippen LogP contribution in [0.5, 0.6) is 5.75 Å². The van der Waals surface area contributed by atoms with Crippen molar-refractivity contribution in [3.05, 3.63) is 46.8 Å². The Morgan fingerprint density at radius 3 is 2.62 bits per heavy atom. The van der Waals surface area contributed by atoms with Crippen LogP contribution in [0.2, 0.25) is 0 Å². The predicted octanol–water partition coefficient (Wildman–Crippen LogP) is 3.05. The van der Waals surface area contributed by atoms with Crippen LogP contribution in [0.3, 0.4) is 0 Å². The summed E-state index contributed by atoms with van der Waals surface area (Å²) >= 11 is 0. The van der Waals surface area contributed by atoms with E-state index in [1.54, 1.807) is 14.0 Å². The van der Waals surface area contributed by atoms with Crippen LogP contribution in [0.25, 0.3) is 0 Å². The number of nitrogens with zero attached hydrogens (tertiary/aromatic N) is 1. The molecule has 5 heteroatoms. The molecule has 112 valence electrons. The average Bonchev–Trinajstić information content (AvgIpc) is 2.88. The third-order valence-corrected chi connectivity index (χ3v) is 3.46. The molecular formula is C16H20N2O3. The van der Waals surface area contributed by atoms with Gasteiger partial charge in [0.15, 0.2) is 0 Å². The molecular weight excluding hydrogens is 268 g/mol. The van der Waals surface area contributed by atoms with E-state index >= 15 is 0 Å². The number of rotatable bonds is 5. The van der Waals surface area contributed by atoms with Crippen LogP contribution in [0, 0.1) is 6.92 Å². The zero-order chi connectivity index (χ0) is 15.4. The minimum absolute atomic E-state index is 0.109. The topological polar surface area (TPSA) is 64.4 Å². The smallest absolute Gasteiger partial charge is 0.257 e. The first-order valence-electron chi connectivity index (χ1n) is 6.96. The molecule has 0 aliphatic rings. The highest BCUT2D eigenvalue weighted by Gasteiger charge is 2.20. The van der Waals surface area contributed by atoms with Crippen LogP contribution in [0.4, 0.5) is 0 Å². The molecule has 0 radical (unpaired) electrons. The number of ether oxygens (including phenoxy) is 1. The molecule has 0 saturated carbocycles. The van der Waals surface area contributed by atoms with Crippen LogP contribution in [0.15, 0.2) is 28.8 Å². The average molecular weight is 288 g/mol. The van der Waals surface area contributed by atoms with Crippen LogP contribution in [-0.2, 0) is 6.42 Å². The van der Waals surface area contributed by atoms with Gasteiger partial charge in [0, 0.05) is 0 Å². The van der Waals surface area contributed by atoms with Crippen molar-refractivity contribution in [3.8, 4) is 5.75 Å². The summed E-state index contributed by atoms with van der Waals surface area (Å²) in [6.45, 7) is 5.63. The van der Waals surface area contributed by atoms with Crippen LogP contribution in [-0.4, -0.2) is 18.2 Å². The van der Waals surface area contributed by atoms with E-state index in [0.29, 0.717) is 23.4 Å². The molecule has 0 aliphatic carbocycles. The number of hydrogen-bond acceptors (Lipinski definition) is 4. The quantitative estimate of drug-likeness (QED) is 0.918. The van der Waals surface area contributed by atoms with Crippen molar-refractivity contribution < 1.29 is 14.1 Å². The third kappa shape index (κ3) is 3.24. The zero-order valence-electron chi connectivity index (χ0n) is 12.8. The second kappa shape index (κ2) is 6.43. The summed E-state index contributed by atoms with van der Waals surface area (Å²) in [5.41, 5.74) is 2.24. The highest BCUT2D eigenvalue weighted by atomic mass is 16.5. The third-order valence-electron chi connectivity index (χ3n) is 3.46. The largest absolute Gasteiger partial charge is 0.497 e. The molecule has 0 saturated heterocycles. The molecule has 0 spiro atoms. The minimum Gasteiger partial charge on any atom is -0.497 e. The molecule has 0 fully saturated rings. The first kappa shape index (κ1) is 15.1. The van der Waals surface area contributed by atoms with Gasteiger partial charge in [-0.05, 0) is 38.0 Å². The summed E-state index contributed by atoms with van der Waals surface area (Å²) in [6.07, 6.45) is 0.664. The summed E-state index contributed by atoms with van der Waals surface area (Å²) in [5, 5.41) is 6.88. The van der Waals surface area contributed by atoms with Crippen molar-refractivity contribution in [2.75, 3.05) is 7.11 Å². The van der Waals surface area contributed by atoms with Crippen LogP contribution >= 0.6 is 0 Å². The molecule has 1 N–H and O–H groups in total. The van der Waals surface area contributed by atoms with Crippen LogP contribution < -0.4 is 10.1 Å². The summed E-state index contributed by atoms with van der Waals surface area (Å²) < 4.78 is 10.2. The van der Waals surface area contributed by atoms with Crippen molar-refractivity contribution in [3.63, 3.8) is 0 Å². The van der Waals surface area contributed by atoms with Gasteiger partial charge in [-0.1, -0.05) is 24.2 Å². The summed E-state index contributed by atoms with van der Waals surface area (Å²) in [4.78, 5) is 12.4. The number of carbonyl (C=O) groups excluding carboxylic acids is 1. The Hall–Kier alpha value is -2.30. The number of carbonyl (C=O) groups is 1. The Balaban J connectivity index is 2.12. The molecule has 1 aromatic heterocycles. The maximum atomic E-state index is 12.4. The van der Waals surface area contributed by atoms with Crippen molar-refractivity contribution >= 4 is 5.91 Å². The molecule has 1 atom stereocenters. The lowest BCUT2D eigenvalue weighted by molar-refractivity contribution is 0.0937. The number of nitrogens with one attached hydrogen (secondary N) is 1. The monoisotopic (exact) mass is 288 g/mol. The number of amides is 1. The highest BCUT2D eigenvalue weighted by molar-refractivity contribution is 5.96. The van der Waals surface area contributed by atoms with E-state index in [2.05, 4.69) is 10.5 Å². The van der Waals surface area contributed by atoms with Gasteiger partial charge in [-0.15, -0.1) is 0 Å². The first-order valence-corrected chi connectivity index (χ1v) is 6.96. The lowest BCUT2D eigenvalue weighted by Crippen LogP contribution is -2.27. The van der Waals surface area contributed by atoms with Gasteiger partial charge in [0.2, 0.25) is 0 Å². The second-order valence-corrected chi connectivity index (χ2v) is 4.88. The van der Waals surface area contributed by atoms with E-state index in [-0.39, 0.29) is 11.9 Å². The van der Waals surface area contributed by atoms with E-state index in [9.17, 15) is 4.79 Å². The summed E-state index contributed by atoms with van der Waals surface area (Å²) in [5.74, 6) is 1.18. The first-order chi connectivity index (χ1) is 10.1. The predicted molar refractivity (Wildman–Crippen MR) is 79.5 cm³/mol. The number of aromatic nitrogens is 1. The number of hydrogen-bond donors (Lipinski definition) is 1. The van der Waals surface area contributed by atoms with Gasteiger partial charge < -0.3 is 14.6 Å². The zero-order valence-corrected chi connectivity index (χ0v) is 12.8. The molecule has 0 unspecified atom stereocenters. The Bertz CT molecular complexity index is 617. The Morgan fingerprint density at radius 1 is 1.38 bits per heavy atom. The van der Waals surface area contributed by atoms with E-state index < -0.39 is 0 Å². The van der Waals surface area contributed by atoms with Crippen molar-refractivity contribution in [2.45, 2.75) is 33.2 Å². The lowest BCUT2D eigenvalue weighted by Gasteiger charge is -2.14. The summed E-state index contributed by atoms with van der Waals surface area (Å²) in [7, 11) is 1.63. The molecule has 2 rings (SSSR count). The standard InChI is InChI=1S/C16H20N2O3/c1-5-14-15(11(3)21-18-14)16(19)17-10(2)12-6-8-13(20-4)9-7-12/h6-10H,5H2,1-4H3,(H,17,19)/t10-/m1/s1. The van der Waals surface area contributed by atoms with Gasteiger partial charge in [0.05, 0.1) is 18.8 Å². The molecule has 2 aromatic rings. The fourth-order valence-corrected chi connectivity index (χ4v) is 2.20. The number of benzene rings is 1. The second-order valence-electron chi connectivity index (χ2n) is 4.88. The van der Waals surface area contributed by atoms with Gasteiger partial charge in [-0.2, -0.15) is 0 Å². The molecule has 0 aliphatic heterocycles. The van der Waals surface area contributed by atoms with Gasteiger partial charge in [-0.3, -0.25) is 4.79 Å².